The maximum Gasteiger partial charge on any atom is 0.243 e. The van der Waals surface area contributed by atoms with Gasteiger partial charge in [-0.05, 0) is 38.1 Å². The van der Waals surface area contributed by atoms with Crippen molar-refractivity contribution in [2.75, 3.05) is 20.1 Å². The number of carbonyl (C=O) groups excluding carboxylic acids is 1. The maximum absolute atomic E-state index is 12.3. The van der Waals surface area contributed by atoms with Gasteiger partial charge >= 0.3 is 0 Å². The summed E-state index contributed by atoms with van der Waals surface area (Å²) in [6.07, 6.45) is 0. The molecule has 0 bridgehead atoms. The molecule has 0 fully saturated rings. The van der Waals surface area contributed by atoms with Gasteiger partial charge in [0.2, 0.25) is 15.9 Å². The predicted octanol–water partition coefficient (Wildman–Crippen LogP) is 0.814. The van der Waals surface area contributed by atoms with E-state index in [1.807, 2.05) is 0 Å². The summed E-state index contributed by atoms with van der Waals surface area (Å²) in [6, 6.07) is 5.77. The molecule has 0 heterocycles. The fourth-order valence-corrected chi connectivity index (χ4v) is 2.79. The number of hydrogen-bond donors (Lipinski definition) is 2. The molecule has 1 rings (SSSR count). The number of carbonyl (C=O) groups is 1. The Kier molecular flexibility index (Phi) is 5.75. The Labute approximate surface area is 130 Å². The first kappa shape index (κ1) is 17.9. The SMILES string of the molecule is CN(CC(=O)NC(C)(C)CN)S(=O)(=O)c1ccc(Cl)cc1. The van der Waals surface area contributed by atoms with Crippen LogP contribution in [-0.4, -0.2) is 44.3 Å². The second-order valence-corrected chi connectivity index (χ2v) is 7.83. The van der Waals surface area contributed by atoms with Crippen LogP contribution in [0.1, 0.15) is 13.8 Å². The lowest BCUT2D eigenvalue weighted by molar-refractivity contribution is -0.122. The van der Waals surface area contributed by atoms with Gasteiger partial charge in [0.05, 0.1) is 11.4 Å². The van der Waals surface area contributed by atoms with Crippen molar-refractivity contribution in [3.8, 4) is 0 Å². The average Bonchev–Trinajstić information content (AvgIpc) is 2.38. The van der Waals surface area contributed by atoms with E-state index in [0.717, 1.165) is 4.31 Å². The molecule has 21 heavy (non-hydrogen) atoms. The number of benzene rings is 1. The standard InChI is InChI=1S/C13H20ClN3O3S/c1-13(2,9-15)16-12(18)8-17(3)21(19,20)11-6-4-10(14)5-7-11/h4-7H,8-9,15H2,1-3H3,(H,16,18). The molecule has 0 atom stereocenters. The van der Waals surface area contributed by atoms with Crippen molar-refractivity contribution in [3.63, 3.8) is 0 Å². The smallest absolute Gasteiger partial charge is 0.243 e. The molecular weight excluding hydrogens is 314 g/mol. The molecule has 1 amide bonds. The van der Waals surface area contributed by atoms with Gasteiger partial charge in [0.25, 0.3) is 0 Å². The molecule has 0 aliphatic carbocycles. The predicted molar refractivity (Wildman–Crippen MR) is 82.5 cm³/mol. The lowest BCUT2D eigenvalue weighted by atomic mass is 10.1. The molecule has 0 unspecified atom stereocenters. The van der Waals surface area contributed by atoms with Crippen molar-refractivity contribution in [1.29, 1.82) is 0 Å². The molecule has 1 aromatic carbocycles. The summed E-state index contributed by atoms with van der Waals surface area (Å²) in [5.41, 5.74) is 4.94. The summed E-state index contributed by atoms with van der Waals surface area (Å²) < 4.78 is 25.6. The highest BCUT2D eigenvalue weighted by Gasteiger charge is 2.25. The van der Waals surface area contributed by atoms with Crippen LogP contribution in [0.15, 0.2) is 29.2 Å². The highest BCUT2D eigenvalue weighted by Crippen LogP contribution is 2.17. The van der Waals surface area contributed by atoms with Gasteiger partial charge in [0.15, 0.2) is 0 Å². The van der Waals surface area contributed by atoms with E-state index in [4.69, 9.17) is 17.3 Å². The lowest BCUT2D eigenvalue weighted by Crippen LogP contribution is -2.51. The molecule has 0 saturated carbocycles. The molecule has 1 aromatic rings. The second kappa shape index (κ2) is 6.74. The van der Waals surface area contributed by atoms with Crippen LogP contribution in [0.4, 0.5) is 0 Å². The number of likely N-dealkylation sites (N-methyl/N-ethyl adjacent to an activating group) is 1. The van der Waals surface area contributed by atoms with Crippen LogP contribution in [0.5, 0.6) is 0 Å². The Hall–Kier alpha value is -1.15. The molecule has 0 saturated heterocycles. The summed E-state index contributed by atoms with van der Waals surface area (Å²) in [5, 5.41) is 3.12. The van der Waals surface area contributed by atoms with Crippen molar-refractivity contribution in [2.45, 2.75) is 24.3 Å². The first-order valence-electron chi connectivity index (χ1n) is 6.31. The normalized spacial score (nSPS) is 12.5. The van der Waals surface area contributed by atoms with E-state index in [2.05, 4.69) is 5.32 Å². The molecule has 6 nitrogen and oxygen atoms in total. The minimum absolute atomic E-state index is 0.0836. The summed E-state index contributed by atoms with van der Waals surface area (Å²) in [4.78, 5) is 11.9. The van der Waals surface area contributed by atoms with Gasteiger partial charge in [0.1, 0.15) is 0 Å². The third kappa shape index (κ3) is 4.96. The molecule has 0 aliphatic heterocycles. The molecule has 118 valence electrons. The second-order valence-electron chi connectivity index (χ2n) is 5.35. The minimum Gasteiger partial charge on any atom is -0.349 e. The Morgan fingerprint density at radius 3 is 2.33 bits per heavy atom. The number of amides is 1. The summed E-state index contributed by atoms with van der Waals surface area (Å²) in [6.45, 7) is 3.50. The zero-order valence-corrected chi connectivity index (χ0v) is 13.8. The fraction of sp³-hybridized carbons (Fsp3) is 0.462. The van der Waals surface area contributed by atoms with Crippen molar-refractivity contribution in [2.24, 2.45) is 5.73 Å². The highest BCUT2D eigenvalue weighted by molar-refractivity contribution is 7.89. The largest absolute Gasteiger partial charge is 0.349 e. The average molecular weight is 334 g/mol. The van der Waals surface area contributed by atoms with Crippen LogP contribution in [0.2, 0.25) is 5.02 Å². The van der Waals surface area contributed by atoms with Gasteiger partial charge in [-0.1, -0.05) is 11.6 Å². The third-order valence-electron chi connectivity index (χ3n) is 2.88. The van der Waals surface area contributed by atoms with Crippen LogP contribution in [0.3, 0.4) is 0 Å². The number of nitrogens with one attached hydrogen (secondary N) is 1. The fourth-order valence-electron chi connectivity index (χ4n) is 1.54. The van der Waals surface area contributed by atoms with Crippen LogP contribution in [0, 0.1) is 0 Å². The molecule has 0 aliphatic rings. The van der Waals surface area contributed by atoms with Gasteiger partial charge in [-0.3, -0.25) is 4.79 Å². The number of halogens is 1. The van der Waals surface area contributed by atoms with Crippen LogP contribution in [-0.2, 0) is 14.8 Å². The topological polar surface area (TPSA) is 92.5 Å². The van der Waals surface area contributed by atoms with Gasteiger partial charge in [0, 0.05) is 24.2 Å². The molecular formula is C13H20ClN3O3S. The van der Waals surface area contributed by atoms with Gasteiger partial charge in [-0.15, -0.1) is 0 Å². The zero-order valence-electron chi connectivity index (χ0n) is 12.3. The van der Waals surface area contributed by atoms with Crippen LogP contribution < -0.4 is 11.1 Å². The van der Waals surface area contributed by atoms with Crippen molar-refractivity contribution >= 4 is 27.5 Å². The van der Waals surface area contributed by atoms with Crippen LogP contribution >= 0.6 is 11.6 Å². The molecule has 0 radical (unpaired) electrons. The van der Waals surface area contributed by atoms with Crippen LogP contribution in [0.25, 0.3) is 0 Å². The number of rotatable bonds is 6. The van der Waals surface area contributed by atoms with E-state index in [1.165, 1.54) is 31.3 Å². The summed E-state index contributed by atoms with van der Waals surface area (Å²) >= 11 is 5.73. The quantitative estimate of drug-likeness (QED) is 0.806. The molecule has 3 N–H and O–H groups in total. The van der Waals surface area contributed by atoms with E-state index in [1.54, 1.807) is 13.8 Å². The highest BCUT2D eigenvalue weighted by atomic mass is 35.5. The minimum atomic E-state index is -3.73. The van der Waals surface area contributed by atoms with E-state index >= 15 is 0 Å². The first-order chi connectivity index (χ1) is 9.58. The number of nitrogens with two attached hydrogens (primary N) is 1. The molecule has 8 heteroatoms. The summed E-state index contributed by atoms with van der Waals surface area (Å²) in [5.74, 6) is -0.412. The zero-order chi connectivity index (χ0) is 16.3. The Morgan fingerprint density at radius 2 is 1.86 bits per heavy atom. The molecule has 0 spiro atoms. The van der Waals surface area contributed by atoms with Gasteiger partial charge in [-0.25, -0.2) is 8.42 Å². The van der Waals surface area contributed by atoms with Gasteiger partial charge < -0.3 is 11.1 Å². The van der Waals surface area contributed by atoms with Gasteiger partial charge in [-0.2, -0.15) is 4.31 Å². The van der Waals surface area contributed by atoms with E-state index < -0.39 is 21.5 Å². The van der Waals surface area contributed by atoms with E-state index in [9.17, 15) is 13.2 Å². The Morgan fingerprint density at radius 1 is 1.33 bits per heavy atom. The Bertz CT molecular complexity index is 600. The summed E-state index contributed by atoms with van der Waals surface area (Å²) in [7, 11) is -2.38. The number of nitrogens with zero attached hydrogens (tertiary/aromatic N) is 1. The van der Waals surface area contributed by atoms with Crippen molar-refractivity contribution in [3.05, 3.63) is 29.3 Å². The lowest BCUT2D eigenvalue weighted by Gasteiger charge is -2.25. The number of hydrogen-bond acceptors (Lipinski definition) is 4. The maximum atomic E-state index is 12.3. The third-order valence-corrected chi connectivity index (χ3v) is 4.95. The molecule has 0 aromatic heterocycles. The van der Waals surface area contributed by atoms with E-state index in [0.29, 0.717) is 5.02 Å². The Balaban J connectivity index is 2.81. The monoisotopic (exact) mass is 333 g/mol. The van der Waals surface area contributed by atoms with E-state index in [-0.39, 0.29) is 18.0 Å². The number of sulfonamides is 1. The van der Waals surface area contributed by atoms with Crippen molar-refractivity contribution < 1.29 is 13.2 Å². The van der Waals surface area contributed by atoms with Crippen molar-refractivity contribution in [1.82, 2.24) is 9.62 Å². The first-order valence-corrected chi connectivity index (χ1v) is 8.13.